The molecule has 0 saturated carbocycles. The molecule has 0 aromatic carbocycles. The Hall–Kier alpha value is -1.51. The fourth-order valence-electron chi connectivity index (χ4n) is 4.88. The number of hydrogen-bond donors (Lipinski definition) is 0. The van der Waals surface area contributed by atoms with Crippen LogP contribution in [0.25, 0.3) is 0 Å². The average Bonchev–Trinajstić information content (AvgIpc) is 3.02. The van der Waals surface area contributed by atoms with Crippen molar-refractivity contribution in [1.82, 2.24) is 0 Å². The molecule has 0 heterocycles. The first-order chi connectivity index (χ1) is 23.0. The van der Waals surface area contributed by atoms with Gasteiger partial charge in [0.1, 0.15) is 19.8 Å². The second kappa shape index (κ2) is 31.5. The molecule has 2 unspecified atom stereocenters. The predicted octanol–water partition coefficient (Wildman–Crippen LogP) is 9.38. The van der Waals surface area contributed by atoms with Crippen LogP contribution in [0.3, 0.4) is 0 Å². The van der Waals surface area contributed by atoms with Crippen LogP contribution in [-0.4, -0.2) is 70.0 Å². The van der Waals surface area contributed by atoms with Gasteiger partial charge in [-0.2, -0.15) is 0 Å². The van der Waals surface area contributed by atoms with E-state index >= 15 is 0 Å². The number of phosphoric ester groups is 1. The quantitative estimate of drug-likeness (QED) is 0.0215. The van der Waals surface area contributed by atoms with Crippen molar-refractivity contribution < 1.29 is 42.1 Å². The lowest BCUT2D eigenvalue weighted by molar-refractivity contribution is -0.870. The summed E-state index contributed by atoms with van der Waals surface area (Å²) in [4.78, 5) is 37.3. The van der Waals surface area contributed by atoms with Gasteiger partial charge in [0.2, 0.25) is 0 Å². The molecule has 0 aromatic heterocycles. The smallest absolute Gasteiger partial charge is 0.306 e. The SMILES string of the molecule is CCCCC/C=C\CCCCCCCC(=O)OCC(COP(=O)([O-])OCC[N+](C)(C)C)OC(=O)CCCCCCC/C=C\CCCCC. The van der Waals surface area contributed by atoms with Crippen LogP contribution in [0.5, 0.6) is 0 Å². The Morgan fingerprint density at radius 2 is 1.06 bits per heavy atom. The maximum atomic E-state index is 12.6. The zero-order valence-electron chi connectivity index (χ0n) is 31.4. The number of quaternary nitrogens is 1. The molecule has 0 aliphatic carbocycles. The third kappa shape index (κ3) is 34.4. The third-order valence-electron chi connectivity index (χ3n) is 7.94. The van der Waals surface area contributed by atoms with E-state index in [1.54, 1.807) is 0 Å². The van der Waals surface area contributed by atoms with Gasteiger partial charge in [-0.3, -0.25) is 14.2 Å². The highest BCUT2D eigenvalue weighted by atomic mass is 31.2. The Morgan fingerprint density at radius 1 is 0.625 bits per heavy atom. The van der Waals surface area contributed by atoms with Gasteiger partial charge in [-0.25, -0.2) is 0 Å². The van der Waals surface area contributed by atoms with E-state index in [1.165, 1.54) is 44.9 Å². The van der Waals surface area contributed by atoms with Crippen molar-refractivity contribution in [2.24, 2.45) is 0 Å². The van der Waals surface area contributed by atoms with E-state index < -0.39 is 32.5 Å². The lowest BCUT2D eigenvalue weighted by atomic mass is 10.1. The van der Waals surface area contributed by atoms with Gasteiger partial charge in [-0.05, 0) is 64.2 Å². The van der Waals surface area contributed by atoms with Gasteiger partial charge in [0, 0.05) is 12.8 Å². The molecule has 0 rings (SSSR count). The van der Waals surface area contributed by atoms with Gasteiger partial charge in [-0.15, -0.1) is 0 Å². The molecule has 0 N–H and O–H groups in total. The first-order valence-corrected chi connectivity index (χ1v) is 20.5. The number of likely N-dealkylation sites (N-methyl/N-ethyl adjacent to an activating group) is 1. The van der Waals surface area contributed by atoms with Crippen LogP contribution in [0, 0.1) is 0 Å². The van der Waals surface area contributed by atoms with Gasteiger partial charge in [-0.1, -0.05) is 102 Å². The fourth-order valence-corrected chi connectivity index (χ4v) is 5.61. The number of unbranched alkanes of at least 4 members (excludes halogenated alkanes) is 16. The zero-order valence-corrected chi connectivity index (χ0v) is 32.3. The molecule has 0 aliphatic heterocycles. The summed E-state index contributed by atoms with van der Waals surface area (Å²) < 4.78 is 33.7. The topological polar surface area (TPSA) is 111 Å². The molecule has 48 heavy (non-hydrogen) atoms. The van der Waals surface area contributed by atoms with E-state index in [9.17, 15) is 19.0 Å². The summed E-state index contributed by atoms with van der Waals surface area (Å²) in [6.45, 7) is 4.13. The van der Waals surface area contributed by atoms with Crippen molar-refractivity contribution in [1.29, 1.82) is 0 Å². The molecule has 0 spiro atoms. The monoisotopic (exact) mass is 701 g/mol. The lowest BCUT2D eigenvalue weighted by Gasteiger charge is -2.28. The Kier molecular flexibility index (Phi) is 30.5. The van der Waals surface area contributed by atoms with Gasteiger partial charge in [0.25, 0.3) is 7.82 Å². The summed E-state index contributed by atoms with van der Waals surface area (Å²) >= 11 is 0. The molecule has 0 saturated heterocycles. The maximum absolute atomic E-state index is 12.6. The first-order valence-electron chi connectivity index (χ1n) is 19.0. The number of hydrogen-bond acceptors (Lipinski definition) is 8. The summed E-state index contributed by atoms with van der Waals surface area (Å²) in [7, 11) is 1.15. The summed E-state index contributed by atoms with van der Waals surface area (Å²) in [5.74, 6) is -0.858. The van der Waals surface area contributed by atoms with E-state index in [-0.39, 0.29) is 26.1 Å². The van der Waals surface area contributed by atoms with Crippen molar-refractivity contribution in [2.75, 3.05) is 47.5 Å². The minimum absolute atomic E-state index is 0.0330. The minimum Gasteiger partial charge on any atom is -0.756 e. The normalized spacial score (nSPS) is 14.0. The number of nitrogens with zero attached hydrogens (tertiary/aromatic N) is 1. The largest absolute Gasteiger partial charge is 0.756 e. The molecule has 0 aromatic rings. The fraction of sp³-hybridized carbons (Fsp3) is 0.842. The molecule has 0 fully saturated rings. The standard InChI is InChI=1S/C38H72NO8P/c1-6-8-10-12-14-16-18-20-22-24-26-28-30-37(40)44-34-36(35-46-48(42,43)45-33-32-39(3,4)5)47-38(41)31-29-27-25-23-21-19-17-15-13-11-9-7-2/h14-17,36H,6-13,18-35H2,1-5H3/b16-14-,17-15-. The average molecular weight is 702 g/mol. The van der Waals surface area contributed by atoms with Gasteiger partial charge < -0.3 is 27.9 Å². The van der Waals surface area contributed by atoms with E-state index in [2.05, 4.69) is 38.2 Å². The molecule has 9 nitrogen and oxygen atoms in total. The van der Waals surface area contributed by atoms with E-state index in [1.807, 2.05) is 21.1 Å². The van der Waals surface area contributed by atoms with Gasteiger partial charge in [0.15, 0.2) is 6.10 Å². The van der Waals surface area contributed by atoms with E-state index in [0.717, 1.165) is 77.0 Å². The number of ether oxygens (including phenoxy) is 2. The molecule has 10 heteroatoms. The van der Waals surface area contributed by atoms with E-state index in [4.69, 9.17) is 18.5 Å². The maximum Gasteiger partial charge on any atom is 0.306 e. The van der Waals surface area contributed by atoms with Crippen molar-refractivity contribution in [2.45, 2.75) is 161 Å². The van der Waals surface area contributed by atoms with Crippen LogP contribution in [0.4, 0.5) is 0 Å². The lowest BCUT2D eigenvalue weighted by Crippen LogP contribution is -2.37. The van der Waals surface area contributed by atoms with Crippen LogP contribution in [-0.2, 0) is 32.7 Å². The highest BCUT2D eigenvalue weighted by molar-refractivity contribution is 7.45. The molecule has 282 valence electrons. The van der Waals surface area contributed by atoms with Gasteiger partial charge >= 0.3 is 11.9 Å². The van der Waals surface area contributed by atoms with E-state index in [0.29, 0.717) is 17.4 Å². The van der Waals surface area contributed by atoms with Crippen molar-refractivity contribution in [3.05, 3.63) is 24.3 Å². The number of allylic oxidation sites excluding steroid dienone is 4. The van der Waals surface area contributed by atoms with Crippen molar-refractivity contribution in [3.63, 3.8) is 0 Å². The number of esters is 2. The van der Waals surface area contributed by atoms with Crippen LogP contribution < -0.4 is 4.89 Å². The zero-order chi connectivity index (χ0) is 35.8. The second-order valence-electron chi connectivity index (χ2n) is 13.9. The summed E-state index contributed by atoms with van der Waals surface area (Å²) in [6, 6.07) is 0. The Morgan fingerprint density at radius 3 is 1.54 bits per heavy atom. The molecule has 0 aliphatic rings. The molecule has 2 atom stereocenters. The minimum atomic E-state index is -4.62. The number of carbonyl (C=O) groups excluding carboxylic acids is 2. The number of phosphoric acid groups is 1. The third-order valence-corrected chi connectivity index (χ3v) is 8.91. The second-order valence-corrected chi connectivity index (χ2v) is 15.3. The number of carbonyl (C=O) groups is 2. The van der Waals surface area contributed by atoms with Gasteiger partial charge in [0.05, 0.1) is 27.7 Å². The highest BCUT2D eigenvalue weighted by Crippen LogP contribution is 2.38. The van der Waals surface area contributed by atoms with Crippen molar-refractivity contribution in [3.8, 4) is 0 Å². The van der Waals surface area contributed by atoms with Crippen LogP contribution >= 0.6 is 7.82 Å². The van der Waals surface area contributed by atoms with Crippen LogP contribution in [0.1, 0.15) is 155 Å². The Labute approximate surface area is 294 Å². The summed E-state index contributed by atoms with van der Waals surface area (Å²) in [6.07, 6.45) is 30.6. The highest BCUT2D eigenvalue weighted by Gasteiger charge is 2.21. The summed E-state index contributed by atoms with van der Waals surface area (Å²) in [5, 5.41) is 0. The predicted molar refractivity (Wildman–Crippen MR) is 194 cm³/mol. The van der Waals surface area contributed by atoms with Crippen LogP contribution in [0.2, 0.25) is 0 Å². The Balaban J connectivity index is 4.47. The molecular formula is C38H72NO8P. The summed E-state index contributed by atoms with van der Waals surface area (Å²) in [5.41, 5.74) is 0. The molecule has 0 bridgehead atoms. The molecule has 0 amide bonds. The molecule has 0 radical (unpaired) electrons. The van der Waals surface area contributed by atoms with Crippen molar-refractivity contribution >= 4 is 19.8 Å². The Bertz CT molecular complexity index is 886. The van der Waals surface area contributed by atoms with Crippen LogP contribution in [0.15, 0.2) is 24.3 Å². The number of rotatable bonds is 34. The first kappa shape index (κ1) is 46.5. The molecular weight excluding hydrogens is 629 g/mol.